The number of hydrogen-bond donors (Lipinski definition) is 0. The molecule has 1 aliphatic rings. The third kappa shape index (κ3) is 1.85. The van der Waals surface area contributed by atoms with Gasteiger partial charge in [0.25, 0.3) is 0 Å². The zero-order valence-electron chi connectivity index (χ0n) is 9.12. The molecule has 0 saturated heterocycles. The van der Waals surface area contributed by atoms with Gasteiger partial charge in [-0.3, -0.25) is 4.79 Å². The summed E-state index contributed by atoms with van der Waals surface area (Å²) in [5.41, 5.74) is 1.95. The number of esters is 1. The van der Waals surface area contributed by atoms with Crippen molar-refractivity contribution in [3.8, 4) is 5.88 Å². The predicted octanol–water partition coefficient (Wildman–Crippen LogP) is 1.63. The summed E-state index contributed by atoms with van der Waals surface area (Å²) in [7, 11) is 2.93. The lowest BCUT2D eigenvalue weighted by atomic mass is 10.1. The minimum Gasteiger partial charge on any atom is -0.481 e. The van der Waals surface area contributed by atoms with E-state index in [4.69, 9.17) is 21.1 Å². The lowest BCUT2D eigenvalue weighted by Gasteiger charge is -2.04. The number of nitrogens with zero attached hydrogens (tertiary/aromatic N) is 1. The monoisotopic (exact) mass is 241 g/mol. The average molecular weight is 242 g/mol. The minimum atomic E-state index is -0.203. The number of pyridine rings is 1. The molecule has 86 valence electrons. The third-order valence-corrected chi connectivity index (χ3v) is 3.12. The molecule has 1 aromatic heterocycles. The summed E-state index contributed by atoms with van der Waals surface area (Å²) in [5, 5.41) is 0.417. The first-order chi connectivity index (χ1) is 7.65. The molecule has 4 nitrogen and oxygen atoms in total. The number of rotatable bonds is 2. The highest BCUT2D eigenvalue weighted by Gasteiger charge is 2.30. The molecule has 0 aliphatic heterocycles. The van der Waals surface area contributed by atoms with Crippen LogP contribution in [-0.2, 0) is 22.4 Å². The van der Waals surface area contributed by atoms with E-state index in [0.717, 1.165) is 11.1 Å². The Bertz CT molecular complexity index is 433. The van der Waals surface area contributed by atoms with Crippen molar-refractivity contribution in [2.45, 2.75) is 12.8 Å². The Balaban J connectivity index is 2.30. The van der Waals surface area contributed by atoms with Crippen LogP contribution >= 0.6 is 11.6 Å². The minimum absolute atomic E-state index is 0.147. The Hall–Kier alpha value is -1.29. The molecule has 5 heteroatoms. The van der Waals surface area contributed by atoms with Crippen molar-refractivity contribution < 1.29 is 14.3 Å². The Kier molecular flexibility index (Phi) is 3.01. The summed E-state index contributed by atoms with van der Waals surface area (Å²) in [6.45, 7) is 0. The van der Waals surface area contributed by atoms with Gasteiger partial charge in [0, 0.05) is 6.07 Å². The first-order valence-electron chi connectivity index (χ1n) is 4.95. The third-order valence-electron chi connectivity index (χ3n) is 2.80. The van der Waals surface area contributed by atoms with E-state index >= 15 is 0 Å². The van der Waals surface area contributed by atoms with E-state index in [1.807, 2.05) is 6.07 Å². The Labute approximate surface area is 98.5 Å². The van der Waals surface area contributed by atoms with Gasteiger partial charge in [-0.2, -0.15) is 0 Å². The Morgan fingerprint density at radius 3 is 2.88 bits per heavy atom. The molecule has 0 saturated carbocycles. The van der Waals surface area contributed by atoms with Crippen molar-refractivity contribution in [3.63, 3.8) is 0 Å². The number of halogens is 1. The Morgan fingerprint density at radius 1 is 1.50 bits per heavy atom. The van der Waals surface area contributed by atoms with E-state index in [2.05, 4.69) is 4.98 Å². The van der Waals surface area contributed by atoms with Gasteiger partial charge in [-0.15, -0.1) is 0 Å². The second kappa shape index (κ2) is 4.29. The van der Waals surface area contributed by atoms with E-state index in [1.54, 1.807) is 0 Å². The zero-order chi connectivity index (χ0) is 11.7. The summed E-state index contributed by atoms with van der Waals surface area (Å²) in [4.78, 5) is 15.5. The van der Waals surface area contributed by atoms with Crippen LogP contribution in [0.1, 0.15) is 11.1 Å². The summed E-state index contributed by atoms with van der Waals surface area (Å²) in [6, 6.07) is 1.82. The number of ether oxygens (including phenoxy) is 2. The van der Waals surface area contributed by atoms with Crippen LogP contribution < -0.4 is 4.74 Å². The molecule has 0 aromatic carbocycles. The molecule has 0 bridgehead atoms. The Morgan fingerprint density at radius 2 is 2.25 bits per heavy atom. The molecule has 0 N–H and O–H groups in total. The second-order valence-electron chi connectivity index (χ2n) is 3.72. The van der Waals surface area contributed by atoms with Gasteiger partial charge in [0.05, 0.1) is 20.1 Å². The van der Waals surface area contributed by atoms with Crippen LogP contribution in [0.4, 0.5) is 0 Å². The van der Waals surface area contributed by atoms with E-state index in [0.29, 0.717) is 23.9 Å². The van der Waals surface area contributed by atoms with Crippen molar-refractivity contribution in [2.75, 3.05) is 14.2 Å². The first kappa shape index (κ1) is 11.2. The molecule has 0 spiro atoms. The highest BCUT2D eigenvalue weighted by atomic mass is 35.5. The van der Waals surface area contributed by atoms with Crippen molar-refractivity contribution in [1.82, 2.24) is 4.98 Å². The SMILES string of the molecule is COC(=O)C1Cc2cc(OC)nc(Cl)c2C1. The average Bonchev–Trinajstić information content (AvgIpc) is 2.72. The molecule has 2 rings (SSSR count). The maximum Gasteiger partial charge on any atom is 0.309 e. The molecule has 0 radical (unpaired) electrons. The van der Waals surface area contributed by atoms with E-state index in [-0.39, 0.29) is 11.9 Å². The highest BCUT2D eigenvalue weighted by Crippen LogP contribution is 2.33. The van der Waals surface area contributed by atoms with Crippen LogP contribution in [-0.4, -0.2) is 25.2 Å². The van der Waals surface area contributed by atoms with E-state index in [9.17, 15) is 4.79 Å². The summed E-state index contributed by atoms with van der Waals surface area (Å²) >= 11 is 6.02. The number of fused-ring (bicyclic) bond motifs is 1. The van der Waals surface area contributed by atoms with Crippen molar-refractivity contribution in [1.29, 1.82) is 0 Å². The molecule has 0 amide bonds. The largest absolute Gasteiger partial charge is 0.481 e. The molecular weight excluding hydrogens is 230 g/mol. The zero-order valence-corrected chi connectivity index (χ0v) is 9.87. The number of methoxy groups -OCH3 is 2. The van der Waals surface area contributed by atoms with Crippen LogP contribution in [0.25, 0.3) is 0 Å². The van der Waals surface area contributed by atoms with Gasteiger partial charge in [0.2, 0.25) is 5.88 Å². The normalized spacial score (nSPS) is 18.1. The van der Waals surface area contributed by atoms with Crippen LogP contribution in [0, 0.1) is 5.92 Å². The van der Waals surface area contributed by atoms with Crippen molar-refractivity contribution >= 4 is 17.6 Å². The maximum atomic E-state index is 11.4. The van der Waals surface area contributed by atoms with E-state index < -0.39 is 0 Å². The molecule has 1 aromatic rings. The van der Waals surface area contributed by atoms with Gasteiger partial charge >= 0.3 is 5.97 Å². The topological polar surface area (TPSA) is 48.4 Å². The van der Waals surface area contributed by atoms with Crippen LogP contribution in [0.2, 0.25) is 5.15 Å². The van der Waals surface area contributed by atoms with Gasteiger partial charge in [-0.05, 0) is 24.0 Å². The van der Waals surface area contributed by atoms with Gasteiger partial charge in [0.15, 0.2) is 0 Å². The van der Waals surface area contributed by atoms with Gasteiger partial charge < -0.3 is 9.47 Å². The van der Waals surface area contributed by atoms with Crippen LogP contribution in [0.3, 0.4) is 0 Å². The second-order valence-corrected chi connectivity index (χ2v) is 4.08. The number of carbonyl (C=O) groups excluding carboxylic acids is 1. The molecule has 0 fully saturated rings. The molecule has 1 unspecified atom stereocenters. The summed E-state index contributed by atoms with van der Waals surface area (Å²) in [5.74, 6) is 0.131. The maximum absolute atomic E-state index is 11.4. The van der Waals surface area contributed by atoms with Crippen LogP contribution in [0.5, 0.6) is 5.88 Å². The number of carbonyl (C=O) groups is 1. The summed E-state index contributed by atoms with van der Waals surface area (Å²) in [6.07, 6.45) is 1.23. The highest BCUT2D eigenvalue weighted by molar-refractivity contribution is 6.30. The van der Waals surface area contributed by atoms with Crippen molar-refractivity contribution in [3.05, 3.63) is 22.3 Å². The number of aromatic nitrogens is 1. The predicted molar refractivity (Wildman–Crippen MR) is 58.7 cm³/mol. The van der Waals surface area contributed by atoms with E-state index in [1.165, 1.54) is 14.2 Å². The fourth-order valence-electron chi connectivity index (χ4n) is 1.98. The smallest absolute Gasteiger partial charge is 0.309 e. The fourth-order valence-corrected chi connectivity index (χ4v) is 2.27. The van der Waals surface area contributed by atoms with Gasteiger partial charge in [-0.25, -0.2) is 4.98 Å². The molecule has 1 atom stereocenters. The lowest BCUT2D eigenvalue weighted by molar-refractivity contribution is -0.145. The lowest BCUT2D eigenvalue weighted by Crippen LogP contribution is -2.15. The first-order valence-corrected chi connectivity index (χ1v) is 5.33. The quantitative estimate of drug-likeness (QED) is 0.583. The van der Waals surface area contributed by atoms with Gasteiger partial charge in [-0.1, -0.05) is 11.6 Å². The fraction of sp³-hybridized carbons (Fsp3) is 0.455. The van der Waals surface area contributed by atoms with Gasteiger partial charge in [0.1, 0.15) is 5.15 Å². The molecule has 1 aliphatic carbocycles. The molecule has 16 heavy (non-hydrogen) atoms. The molecule has 1 heterocycles. The van der Waals surface area contributed by atoms with Crippen molar-refractivity contribution in [2.24, 2.45) is 5.92 Å². The standard InChI is InChI=1S/C11H12ClNO3/c1-15-9-5-6-3-7(11(14)16-2)4-8(6)10(12)13-9/h5,7H,3-4H2,1-2H3. The molecular formula is C11H12ClNO3. The summed E-state index contributed by atoms with van der Waals surface area (Å²) < 4.78 is 9.76. The number of hydrogen-bond acceptors (Lipinski definition) is 4. The van der Waals surface area contributed by atoms with Crippen LogP contribution in [0.15, 0.2) is 6.07 Å².